The van der Waals surface area contributed by atoms with E-state index >= 15 is 0 Å². The molecular weight excluding hydrogens is 266 g/mol. The molecule has 2 heterocycles. The molecule has 0 unspecified atom stereocenters. The van der Waals surface area contributed by atoms with Gasteiger partial charge in [-0.3, -0.25) is 0 Å². The summed E-state index contributed by atoms with van der Waals surface area (Å²) < 4.78 is 0. The third-order valence-electron chi connectivity index (χ3n) is 2.72. The molecule has 0 aliphatic heterocycles. The summed E-state index contributed by atoms with van der Waals surface area (Å²) in [5.74, 6) is 0.713. The number of thiophene rings is 1. The SMILES string of the molecule is CC(C)(CNc1cc(N)cc(Cl)n1)c1cccs1. The topological polar surface area (TPSA) is 50.9 Å². The Labute approximate surface area is 116 Å². The second kappa shape index (κ2) is 5.16. The maximum Gasteiger partial charge on any atom is 0.133 e. The first-order valence-electron chi connectivity index (χ1n) is 5.68. The van der Waals surface area contributed by atoms with E-state index in [0.29, 0.717) is 16.7 Å². The Balaban J connectivity index is 2.07. The second-order valence-corrected chi connectivity index (χ2v) is 6.16. The standard InChI is InChI=1S/C13H16ClN3S/c1-13(2,10-4-3-5-18-10)8-16-12-7-9(15)6-11(14)17-12/h3-7H,8H2,1-2H3,(H3,15,16,17). The van der Waals surface area contributed by atoms with E-state index in [1.807, 2.05) is 0 Å². The molecule has 96 valence electrons. The van der Waals surface area contributed by atoms with Gasteiger partial charge >= 0.3 is 0 Å². The van der Waals surface area contributed by atoms with E-state index in [1.165, 1.54) is 4.88 Å². The highest BCUT2D eigenvalue weighted by Crippen LogP contribution is 2.28. The monoisotopic (exact) mass is 281 g/mol. The maximum atomic E-state index is 5.87. The molecule has 0 atom stereocenters. The minimum Gasteiger partial charge on any atom is -0.399 e. The van der Waals surface area contributed by atoms with Gasteiger partial charge in [-0.2, -0.15) is 0 Å². The average molecular weight is 282 g/mol. The molecule has 5 heteroatoms. The number of halogens is 1. The number of aromatic nitrogens is 1. The number of nitrogens with zero attached hydrogens (tertiary/aromatic N) is 1. The summed E-state index contributed by atoms with van der Waals surface area (Å²) in [6.45, 7) is 5.17. The molecule has 0 amide bonds. The lowest BCUT2D eigenvalue weighted by atomic mass is 9.91. The van der Waals surface area contributed by atoms with Gasteiger partial charge in [0.25, 0.3) is 0 Å². The highest BCUT2D eigenvalue weighted by atomic mass is 35.5. The number of hydrogen-bond acceptors (Lipinski definition) is 4. The largest absolute Gasteiger partial charge is 0.399 e. The Kier molecular flexibility index (Phi) is 3.78. The van der Waals surface area contributed by atoms with Gasteiger partial charge in [-0.1, -0.05) is 31.5 Å². The molecule has 0 bridgehead atoms. The molecule has 0 saturated heterocycles. The fourth-order valence-electron chi connectivity index (χ4n) is 1.67. The van der Waals surface area contributed by atoms with Gasteiger partial charge in [-0.15, -0.1) is 11.3 Å². The third-order valence-corrected chi connectivity index (χ3v) is 4.15. The van der Waals surface area contributed by atoms with Crippen LogP contribution < -0.4 is 11.1 Å². The van der Waals surface area contributed by atoms with Crippen molar-refractivity contribution in [3.63, 3.8) is 0 Å². The molecule has 2 aromatic heterocycles. The van der Waals surface area contributed by atoms with Crippen molar-refractivity contribution in [1.82, 2.24) is 4.98 Å². The summed E-state index contributed by atoms with van der Waals surface area (Å²) in [6, 6.07) is 7.64. The maximum absolute atomic E-state index is 5.87. The molecule has 0 radical (unpaired) electrons. The van der Waals surface area contributed by atoms with Crippen LogP contribution in [0.4, 0.5) is 11.5 Å². The zero-order valence-corrected chi connectivity index (χ0v) is 12.0. The van der Waals surface area contributed by atoms with Gasteiger partial charge in [-0.25, -0.2) is 4.98 Å². The van der Waals surface area contributed by atoms with Crippen LogP contribution in [-0.4, -0.2) is 11.5 Å². The number of nitrogens with two attached hydrogens (primary N) is 1. The molecule has 3 N–H and O–H groups in total. The van der Waals surface area contributed by atoms with Crippen LogP contribution in [0.1, 0.15) is 18.7 Å². The number of nitrogens with one attached hydrogen (secondary N) is 1. The van der Waals surface area contributed by atoms with Crippen molar-refractivity contribution < 1.29 is 0 Å². The summed E-state index contributed by atoms with van der Waals surface area (Å²) in [6.07, 6.45) is 0. The number of hydrogen-bond donors (Lipinski definition) is 2. The third kappa shape index (κ3) is 3.15. The van der Waals surface area contributed by atoms with Gasteiger partial charge in [-0.05, 0) is 17.5 Å². The molecular formula is C13H16ClN3S. The number of nitrogen functional groups attached to an aromatic ring is 1. The van der Waals surface area contributed by atoms with E-state index < -0.39 is 0 Å². The van der Waals surface area contributed by atoms with Crippen LogP contribution >= 0.6 is 22.9 Å². The van der Waals surface area contributed by atoms with Crippen LogP contribution in [0.15, 0.2) is 29.6 Å². The predicted molar refractivity (Wildman–Crippen MR) is 79.5 cm³/mol. The highest BCUT2D eigenvalue weighted by molar-refractivity contribution is 7.10. The van der Waals surface area contributed by atoms with E-state index in [1.54, 1.807) is 23.5 Å². The van der Waals surface area contributed by atoms with Crippen molar-refractivity contribution in [2.24, 2.45) is 0 Å². The summed E-state index contributed by atoms with van der Waals surface area (Å²) >= 11 is 7.63. The van der Waals surface area contributed by atoms with E-state index in [9.17, 15) is 0 Å². The molecule has 0 fully saturated rings. The van der Waals surface area contributed by atoms with Crippen molar-refractivity contribution >= 4 is 34.4 Å². The summed E-state index contributed by atoms with van der Waals surface area (Å²) in [5, 5.41) is 5.78. The first kappa shape index (κ1) is 13.2. The molecule has 0 aliphatic rings. The highest BCUT2D eigenvalue weighted by Gasteiger charge is 2.21. The lowest BCUT2D eigenvalue weighted by molar-refractivity contribution is 0.568. The molecule has 18 heavy (non-hydrogen) atoms. The van der Waals surface area contributed by atoms with Gasteiger partial charge < -0.3 is 11.1 Å². The van der Waals surface area contributed by atoms with Crippen molar-refractivity contribution in [3.8, 4) is 0 Å². The van der Waals surface area contributed by atoms with Crippen molar-refractivity contribution in [2.75, 3.05) is 17.6 Å². The zero-order chi connectivity index (χ0) is 13.2. The lowest BCUT2D eigenvalue weighted by Crippen LogP contribution is -2.26. The summed E-state index contributed by atoms with van der Waals surface area (Å²) in [5.41, 5.74) is 6.40. The predicted octanol–water partition coefficient (Wildman–Crippen LogP) is 3.77. The lowest BCUT2D eigenvalue weighted by Gasteiger charge is -2.24. The number of rotatable bonds is 4. The first-order chi connectivity index (χ1) is 8.47. The molecule has 0 saturated carbocycles. The Morgan fingerprint density at radius 3 is 2.83 bits per heavy atom. The Morgan fingerprint density at radius 1 is 1.44 bits per heavy atom. The van der Waals surface area contributed by atoms with Crippen molar-refractivity contribution in [3.05, 3.63) is 39.7 Å². The summed E-state index contributed by atoms with van der Waals surface area (Å²) in [4.78, 5) is 5.53. The molecule has 0 aromatic carbocycles. The fraction of sp³-hybridized carbons (Fsp3) is 0.308. The van der Waals surface area contributed by atoms with Crippen LogP contribution in [0.25, 0.3) is 0 Å². The van der Waals surface area contributed by atoms with E-state index in [-0.39, 0.29) is 5.41 Å². The van der Waals surface area contributed by atoms with Crippen molar-refractivity contribution in [2.45, 2.75) is 19.3 Å². The normalized spacial score (nSPS) is 11.5. The van der Waals surface area contributed by atoms with Crippen LogP contribution in [0.5, 0.6) is 0 Å². The van der Waals surface area contributed by atoms with Gasteiger partial charge in [0.2, 0.25) is 0 Å². The van der Waals surface area contributed by atoms with Crippen LogP contribution in [0, 0.1) is 0 Å². The minimum atomic E-state index is 0.0485. The molecule has 0 aliphatic carbocycles. The first-order valence-corrected chi connectivity index (χ1v) is 6.94. The van der Waals surface area contributed by atoms with E-state index in [4.69, 9.17) is 17.3 Å². The molecule has 3 nitrogen and oxygen atoms in total. The minimum absolute atomic E-state index is 0.0485. The smallest absolute Gasteiger partial charge is 0.133 e. The molecule has 2 rings (SSSR count). The van der Waals surface area contributed by atoms with E-state index in [0.717, 1.165) is 6.54 Å². The molecule has 2 aromatic rings. The van der Waals surface area contributed by atoms with E-state index in [2.05, 4.69) is 41.7 Å². The van der Waals surface area contributed by atoms with Gasteiger partial charge in [0.15, 0.2) is 0 Å². The molecule has 0 spiro atoms. The average Bonchev–Trinajstić information content (AvgIpc) is 2.79. The van der Waals surface area contributed by atoms with Crippen LogP contribution in [0.2, 0.25) is 5.15 Å². The Bertz CT molecular complexity index is 503. The second-order valence-electron chi connectivity index (χ2n) is 4.82. The fourth-order valence-corrected chi connectivity index (χ4v) is 2.74. The van der Waals surface area contributed by atoms with Gasteiger partial charge in [0, 0.05) is 28.6 Å². The zero-order valence-electron chi connectivity index (χ0n) is 10.4. The Hall–Kier alpha value is -1.26. The number of anilines is 2. The van der Waals surface area contributed by atoms with Gasteiger partial charge in [0.05, 0.1) is 0 Å². The van der Waals surface area contributed by atoms with Gasteiger partial charge in [0.1, 0.15) is 11.0 Å². The van der Waals surface area contributed by atoms with Crippen LogP contribution in [0.3, 0.4) is 0 Å². The summed E-state index contributed by atoms with van der Waals surface area (Å²) in [7, 11) is 0. The van der Waals surface area contributed by atoms with Crippen molar-refractivity contribution in [1.29, 1.82) is 0 Å². The number of pyridine rings is 1. The Morgan fingerprint density at radius 2 is 2.22 bits per heavy atom. The quantitative estimate of drug-likeness (QED) is 0.839. The van der Waals surface area contributed by atoms with Crippen LogP contribution in [-0.2, 0) is 5.41 Å².